The van der Waals surface area contributed by atoms with E-state index in [2.05, 4.69) is 9.97 Å². The van der Waals surface area contributed by atoms with Gasteiger partial charge < -0.3 is 19.9 Å². The zero-order valence-electron chi connectivity index (χ0n) is 11.5. The maximum absolute atomic E-state index is 5.87. The lowest BCUT2D eigenvalue weighted by Crippen LogP contribution is -2.07. The van der Waals surface area contributed by atoms with E-state index < -0.39 is 0 Å². The van der Waals surface area contributed by atoms with Gasteiger partial charge in [0.05, 0.1) is 18.6 Å². The fraction of sp³-hybridized carbons (Fsp3) is 0.538. The van der Waals surface area contributed by atoms with E-state index in [1.54, 1.807) is 18.4 Å². The van der Waals surface area contributed by atoms with Crippen molar-refractivity contribution >= 4 is 27.4 Å². The summed E-state index contributed by atoms with van der Waals surface area (Å²) in [5.41, 5.74) is 5.87. The minimum absolute atomic E-state index is 0.371. The summed E-state index contributed by atoms with van der Waals surface area (Å²) in [6.07, 6.45) is 0.834. The molecule has 0 radical (unpaired) electrons. The smallest absolute Gasteiger partial charge is 0.158 e. The predicted octanol–water partition coefficient (Wildman–Crippen LogP) is 1.84. The van der Waals surface area contributed by atoms with E-state index in [4.69, 9.17) is 19.9 Å². The number of nitrogens with two attached hydrogens (primary N) is 1. The summed E-state index contributed by atoms with van der Waals surface area (Å²) < 4.78 is 15.7. The number of thiophene rings is 1. The van der Waals surface area contributed by atoms with Crippen LogP contribution in [0.5, 0.6) is 0 Å². The molecule has 2 aromatic rings. The molecule has 2 heterocycles. The van der Waals surface area contributed by atoms with Gasteiger partial charge in [0.1, 0.15) is 17.3 Å². The first-order chi connectivity index (χ1) is 9.81. The molecular formula is C13H19N3O3S. The first kappa shape index (κ1) is 15.1. The van der Waals surface area contributed by atoms with Crippen LogP contribution in [0.4, 0.5) is 5.82 Å². The molecular weight excluding hydrogens is 278 g/mol. The van der Waals surface area contributed by atoms with Crippen molar-refractivity contribution in [3.8, 4) is 0 Å². The van der Waals surface area contributed by atoms with Crippen molar-refractivity contribution in [1.82, 2.24) is 9.97 Å². The van der Waals surface area contributed by atoms with Crippen LogP contribution in [-0.4, -0.2) is 43.5 Å². The van der Waals surface area contributed by atoms with Gasteiger partial charge in [0, 0.05) is 20.3 Å². The van der Waals surface area contributed by atoms with Gasteiger partial charge in [-0.1, -0.05) is 0 Å². The van der Waals surface area contributed by atoms with E-state index in [1.165, 1.54) is 0 Å². The zero-order chi connectivity index (χ0) is 14.2. The number of nitrogen functional groups attached to an aromatic ring is 1. The largest absolute Gasteiger partial charge is 0.383 e. The number of aromatic nitrogens is 2. The van der Waals surface area contributed by atoms with Crippen molar-refractivity contribution in [2.75, 3.05) is 39.3 Å². The lowest BCUT2D eigenvalue weighted by Gasteiger charge is -2.05. The lowest BCUT2D eigenvalue weighted by atomic mass is 10.4. The summed E-state index contributed by atoms with van der Waals surface area (Å²) in [6, 6.07) is 1.93. The summed E-state index contributed by atoms with van der Waals surface area (Å²) >= 11 is 1.55. The Morgan fingerprint density at radius 3 is 2.85 bits per heavy atom. The number of anilines is 1. The van der Waals surface area contributed by atoms with Crippen LogP contribution in [0.15, 0.2) is 11.4 Å². The molecule has 0 amide bonds. The third-order valence-electron chi connectivity index (χ3n) is 2.64. The standard InChI is InChI=1S/C13H19N3O3S/c1-17-6-7-18-4-2-5-19-9-11-15-12(14)10-3-8-20-13(10)16-11/h3,8H,2,4-7,9H2,1H3,(H2,14,15,16). The van der Waals surface area contributed by atoms with Crippen LogP contribution in [0.3, 0.4) is 0 Å². The molecule has 0 aliphatic heterocycles. The van der Waals surface area contributed by atoms with Gasteiger partial charge >= 0.3 is 0 Å². The molecule has 0 aromatic carbocycles. The van der Waals surface area contributed by atoms with Crippen LogP contribution >= 0.6 is 11.3 Å². The van der Waals surface area contributed by atoms with Gasteiger partial charge in [0.2, 0.25) is 0 Å². The molecule has 20 heavy (non-hydrogen) atoms. The summed E-state index contributed by atoms with van der Waals surface area (Å²) in [5.74, 6) is 1.13. The summed E-state index contributed by atoms with van der Waals surface area (Å²) in [5, 5.41) is 2.86. The van der Waals surface area contributed by atoms with Crippen molar-refractivity contribution in [3.63, 3.8) is 0 Å². The molecule has 6 nitrogen and oxygen atoms in total. The summed E-state index contributed by atoms with van der Waals surface area (Å²) in [7, 11) is 1.66. The van der Waals surface area contributed by atoms with Crippen molar-refractivity contribution < 1.29 is 14.2 Å². The lowest BCUT2D eigenvalue weighted by molar-refractivity contribution is 0.0473. The monoisotopic (exact) mass is 297 g/mol. The highest BCUT2D eigenvalue weighted by Crippen LogP contribution is 2.22. The Labute approximate surface area is 121 Å². The number of fused-ring (bicyclic) bond motifs is 1. The Balaban J connectivity index is 1.68. The molecule has 0 aliphatic rings. The zero-order valence-corrected chi connectivity index (χ0v) is 12.3. The van der Waals surface area contributed by atoms with Gasteiger partial charge in [-0.25, -0.2) is 9.97 Å². The molecule has 0 fully saturated rings. The third-order valence-corrected chi connectivity index (χ3v) is 3.45. The third kappa shape index (κ3) is 4.38. The second-order valence-corrected chi connectivity index (χ2v) is 5.07. The molecule has 0 saturated carbocycles. The summed E-state index contributed by atoms with van der Waals surface area (Å²) in [6.45, 7) is 2.88. The average Bonchev–Trinajstić information content (AvgIpc) is 2.91. The number of rotatable bonds is 9. The predicted molar refractivity (Wildman–Crippen MR) is 78.8 cm³/mol. The van der Waals surface area contributed by atoms with Crippen LogP contribution in [-0.2, 0) is 20.8 Å². The summed E-state index contributed by atoms with van der Waals surface area (Å²) in [4.78, 5) is 9.54. The maximum Gasteiger partial charge on any atom is 0.158 e. The Bertz CT molecular complexity index is 533. The Hall–Kier alpha value is -1.28. The normalized spacial score (nSPS) is 11.2. The van der Waals surface area contributed by atoms with Crippen molar-refractivity contribution in [2.24, 2.45) is 0 Å². The van der Waals surface area contributed by atoms with Gasteiger partial charge in [-0.2, -0.15) is 0 Å². The molecule has 2 rings (SSSR count). The van der Waals surface area contributed by atoms with Crippen molar-refractivity contribution in [3.05, 3.63) is 17.3 Å². The molecule has 0 spiro atoms. The van der Waals surface area contributed by atoms with Crippen LogP contribution in [0.1, 0.15) is 12.2 Å². The maximum atomic E-state index is 5.87. The molecule has 7 heteroatoms. The van der Waals surface area contributed by atoms with Crippen molar-refractivity contribution in [2.45, 2.75) is 13.0 Å². The van der Waals surface area contributed by atoms with Gasteiger partial charge in [0.15, 0.2) is 5.82 Å². The number of hydrogen-bond donors (Lipinski definition) is 1. The minimum atomic E-state index is 0.371. The highest BCUT2D eigenvalue weighted by Gasteiger charge is 2.06. The Kier molecular flexibility index (Phi) is 6.13. The SMILES string of the molecule is COCCOCCCOCc1nc(N)c2ccsc2n1. The highest BCUT2D eigenvalue weighted by atomic mass is 32.1. The van der Waals surface area contributed by atoms with E-state index in [1.807, 2.05) is 11.4 Å². The second-order valence-electron chi connectivity index (χ2n) is 4.18. The number of nitrogens with zero attached hydrogens (tertiary/aromatic N) is 2. The minimum Gasteiger partial charge on any atom is -0.383 e. The molecule has 2 N–H and O–H groups in total. The van der Waals surface area contributed by atoms with Crippen LogP contribution in [0.25, 0.3) is 10.2 Å². The van der Waals surface area contributed by atoms with E-state index >= 15 is 0 Å². The van der Waals surface area contributed by atoms with Gasteiger partial charge in [-0.05, 0) is 17.9 Å². The molecule has 0 atom stereocenters. The van der Waals surface area contributed by atoms with Gasteiger partial charge in [0.25, 0.3) is 0 Å². The van der Waals surface area contributed by atoms with E-state index in [0.717, 1.165) is 16.6 Å². The fourth-order valence-corrected chi connectivity index (χ4v) is 2.45. The first-order valence-corrected chi connectivity index (χ1v) is 7.33. The van der Waals surface area contributed by atoms with Crippen LogP contribution in [0.2, 0.25) is 0 Å². The Morgan fingerprint density at radius 2 is 2.00 bits per heavy atom. The number of ether oxygens (including phenoxy) is 3. The topological polar surface area (TPSA) is 79.5 Å². The quantitative estimate of drug-likeness (QED) is 0.711. The molecule has 0 saturated heterocycles. The molecule has 0 bridgehead atoms. The second kappa shape index (κ2) is 8.11. The average molecular weight is 297 g/mol. The van der Waals surface area contributed by atoms with Crippen LogP contribution in [0, 0.1) is 0 Å². The van der Waals surface area contributed by atoms with E-state index in [-0.39, 0.29) is 0 Å². The fourth-order valence-electron chi connectivity index (χ4n) is 1.66. The first-order valence-electron chi connectivity index (χ1n) is 6.45. The van der Waals surface area contributed by atoms with Gasteiger partial charge in [-0.15, -0.1) is 11.3 Å². The number of hydrogen-bond acceptors (Lipinski definition) is 7. The van der Waals surface area contributed by atoms with Gasteiger partial charge in [-0.3, -0.25) is 0 Å². The Morgan fingerprint density at radius 1 is 1.15 bits per heavy atom. The molecule has 0 unspecified atom stereocenters. The van der Waals surface area contributed by atoms with Crippen molar-refractivity contribution in [1.29, 1.82) is 0 Å². The van der Waals surface area contributed by atoms with Crippen LogP contribution < -0.4 is 5.73 Å². The molecule has 2 aromatic heterocycles. The number of methoxy groups -OCH3 is 1. The van der Waals surface area contributed by atoms with E-state index in [0.29, 0.717) is 44.7 Å². The highest BCUT2D eigenvalue weighted by molar-refractivity contribution is 7.16. The molecule has 110 valence electrons. The molecule has 0 aliphatic carbocycles. The van der Waals surface area contributed by atoms with E-state index in [9.17, 15) is 0 Å².